The molecule has 7 heteroatoms. The third-order valence-electron chi connectivity index (χ3n) is 8.38. The summed E-state index contributed by atoms with van der Waals surface area (Å²) in [4.78, 5) is 31.2. The van der Waals surface area contributed by atoms with Gasteiger partial charge in [0, 0.05) is 18.1 Å². The first-order valence-corrected chi connectivity index (χ1v) is 12.0. The van der Waals surface area contributed by atoms with Crippen molar-refractivity contribution in [2.75, 3.05) is 6.61 Å². The Hall–Kier alpha value is -2.80. The highest BCUT2D eigenvalue weighted by atomic mass is 19.1. The number of carbonyl (C=O) groups excluding carboxylic acids is 2. The minimum absolute atomic E-state index is 0.0562. The number of benzene rings is 2. The lowest BCUT2D eigenvalue weighted by Gasteiger charge is -2.53. The molecule has 2 amide bonds. The van der Waals surface area contributed by atoms with E-state index in [9.17, 15) is 18.4 Å². The molecule has 1 saturated heterocycles. The summed E-state index contributed by atoms with van der Waals surface area (Å²) >= 11 is 0. The van der Waals surface area contributed by atoms with Crippen LogP contribution in [0.5, 0.6) is 0 Å². The summed E-state index contributed by atoms with van der Waals surface area (Å²) in [5.41, 5.74) is 8.15. The molecule has 1 aliphatic heterocycles. The van der Waals surface area contributed by atoms with Gasteiger partial charge in [0.25, 0.3) is 5.91 Å². The number of primary amides is 1. The summed E-state index contributed by atoms with van der Waals surface area (Å²) in [6.45, 7) is 2.24. The number of halogens is 2. The van der Waals surface area contributed by atoms with Gasteiger partial charge in [0.2, 0.25) is 5.91 Å². The molecule has 0 unspecified atom stereocenters. The molecule has 0 radical (unpaired) electrons. The van der Waals surface area contributed by atoms with Crippen LogP contribution in [0.15, 0.2) is 36.4 Å². The Labute approximate surface area is 198 Å². The summed E-state index contributed by atoms with van der Waals surface area (Å²) in [5, 5.41) is 1.39. The third kappa shape index (κ3) is 4.00. The molecule has 3 saturated carbocycles. The van der Waals surface area contributed by atoms with Gasteiger partial charge < -0.3 is 5.73 Å². The van der Waals surface area contributed by atoms with Crippen LogP contribution in [0, 0.1) is 29.4 Å². The van der Waals surface area contributed by atoms with Gasteiger partial charge in [-0.2, -0.15) is 0 Å². The summed E-state index contributed by atoms with van der Waals surface area (Å²) in [6, 6.07) is 8.87. The molecule has 2 aromatic carbocycles. The zero-order valence-electron chi connectivity index (χ0n) is 19.4. The number of rotatable bonds is 5. The first-order chi connectivity index (χ1) is 16.2. The molecule has 34 heavy (non-hydrogen) atoms. The predicted molar refractivity (Wildman–Crippen MR) is 122 cm³/mol. The second-order valence-electron chi connectivity index (χ2n) is 10.4. The number of amides is 2. The van der Waals surface area contributed by atoms with Gasteiger partial charge in [-0.25, -0.2) is 13.8 Å². The summed E-state index contributed by atoms with van der Waals surface area (Å²) < 4.78 is 27.6. The van der Waals surface area contributed by atoms with E-state index in [1.807, 2.05) is 19.1 Å². The molecule has 2 bridgehead atoms. The third-order valence-corrected chi connectivity index (χ3v) is 8.38. The van der Waals surface area contributed by atoms with Crippen molar-refractivity contribution in [2.24, 2.45) is 16.6 Å². The lowest BCUT2D eigenvalue weighted by molar-refractivity contribution is -0.196. The van der Waals surface area contributed by atoms with E-state index in [0.717, 1.165) is 62.1 Å². The number of nitrogens with zero attached hydrogens (tertiary/aromatic N) is 1. The molecule has 4 fully saturated rings. The molecule has 1 heterocycles. The van der Waals surface area contributed by atoms with Crippen LogP contribution in [-0.2, 0) is 16.1 Å². The molecular weight excluding hydrogens is 438 g/mol. The number of fused-ring (bicyclic) bond motifs is 3. The number of hydroxylamine groups is 2. The van der Waals surface area contributed by atoms with E-state index < -0.39 is 29.0 Å². The van der Waals surface area contributed by atoms with E-state index in [4.69, 9.17) is 10.6 Å². The van der Waals surface area contributed by atoms with Crippen molar-refractivity contribution in [3.8, 4) is 0 Å². The van der Waals surface area contributed by atoms with Gasteiger partial charge in [0.05, 0.1) is 18.1 Å². The van der Waals surface area contributed by atoms with Crippen LogP contribution in [0.25, 0.3) is 0 Å². The maximum Gasteiger partial charge on any atom is 0.252 e. The Kier molecular flexibility index (Phi) is 5.71. The van der Waals surface area contributed by atoms with E-state index >= 15 is 0 Å². The number of hydrogen-bond acceptors (Lipinski definition) is 3. The van der Waals surface area contributed by atoms with Crippen molar-refractivity contribution in [3.05, 3.63) is 70.3 Å². The molecule has 0 aromatic heterocycles. The SMILES string of the molecule is Cc1ccc(CC23CCC(C(=O)N4OCC[C@H]4c4cc(F)cc(F)c4)(CC2)CC3)cc1C(N)=O. The zero-order valence-corrected chi connectivity index (χ0v) is 19.4. The van der Waals surface area contributed by atoms with Gasteiger partial charge in [-0.1, -0.05) is 12.1 Å². The first kappa shape index (κ1) is 23.0. The highest BCUT2D eigenvalue weighted by molar-refractivity contribution is 5.94. The summed E-state index contributed by atoms with van der Waals surface area (Å²) in [6.07, 6.45) is 6.45. The van der Waals surface area contributed by atoms with Crippen molar-refractivity contribution in [2.45, 2.75) is 64.3 Å². The average molecular weight is 469 g/mol. The lowest BCUT2D eigenvalue weighted by Crippen LogP contribution is -2.51. The fraction of sp³-hybridized carbons (Fsp3) is 0.481. The normalized spacial score (nSPS) is 28.3. The van der Waals surface area contributed by atoms with Crippen molar-refractivity contribution >= 4 is 11.8 Å². The minimum Gasteiger partial charge on any atom is -0.366 e. The van der Waals surface area contributed by atoms with Gasteiger partial charge in [-0.3, -0.25) is 14.4 Å². The Morgan fingerprint density at radius 3 is 2.29 bits per heavy atom. The van der Waals surface area contributed by atoms with Crippen LogP contribution >= 0.6 is 0 Å². The van der Waals surface area contributed by atoms with Crippen molar-refractivity contribution in [1.82, 2.24) is 5.06 Å². The van der Waals surface area contributed by atoms with Crippen molar-refractivity contribution < 1.29 is 23.2 Å². The van der Waals surface area contributed by atoms with Crippen molar-refractivity contribution in [3.63, 3.8) is 0 Å². The van der Waals surface area contributed by atoms with Gasteiger partial charge in [-0.05, 0) is 92.2 Å². The Bertz CT molecular complexity index is 1100. The predicted octanol–water partition coefficient (Wildman–Crippen LogP) is 5.16. The van der Waals surface area contributed by atoms with E-state index in [-0.39, 0.29) is 11.3 Å². The fourth-order valence-electron chi connectivity index (χ4n) is 6.30. The molecule has 5 nitrogen and oxygen atoms in total. The number of aryl methyl sites for hydroxylation is 1. The standard InChI is InChI=1S/C27H30F2N2O3/c1-17-2-3-18(12-22(17)24(30)32)16-26-5-8-27(9-6-26,10-7-26)25(33)31-23(4-11-34-31)19-13-20(28)15-21(29)14-19/h2-3,12-15,23H,4-11,16H2,1H3,(H2,30,32)/t23-,26?,27?/m0/s1. The van der Waals surface area contributed by atoms with Gasteiger partial charge in [0.15, 0.2) is 0 Å². The largest absolute Gasteiger partial charge is 0.366 e. The van der Waals surface area contributed by atoms with Crippen LogP contribution in [0.2, 0.25) is 0 Å². The molecule has 1 atom stereocenters. The van der Waals surface area contributed by atoms with Gasteiger partial charge in [0.1, 0.15) is 11.6 Å². The fourth-order valence-corrected chi connectivity index (χ4v) is 6.30. The maximum absolute atomic E-state index is 13.8. The van der Waals surface area contributed by atoms with E-state index in [2.05, 4.69) is 6.07 Å². The first-order valence-electron chi connectivity index (χ1n) is 12.0. The molecule has 180 valence electrons. The van der Waals surface area contributed by atoms with Crippen LogP contribution in [0.1, 0.15) is 78.0 Å². The monoisotopic (exact) mass is 468 g/mol. The second kappa shape index (κ2) is 8.45. The Morgan fingerprint density at radius 1 is 1.03 bits per heavy atom. The maximum atomic E-state index is 13.8. The summed E-state index contributed by atoms with van der Waals surface area (Å²) in [5.74, 6) is -1.77. The van der Waals surface area contributed by atoms with E-state index in [1.54, 1.807) is 0 Å². The molecule has 4 aliphatic rings. The smallest absolute Gasteiger partial charge is 0.252 e. The quantitative estimate of drug-likeness (QED) is 0.659. The minimum atomic E-state index is -0.650. The highest BCUT2D eigenvalue weighted by Crippen LogP contribution is 2.59. The van der Waals surface area contributed by atoms with Gasteiger partial charge >= 0.3 is 0 Å². The van der Waals surface area contributed by atoms with Crippen LogP contribution in [-0.4, -0.2) is 23.5 Å². The van der Waals surface area contributed by atoms with Crippen LogP contribution in [0.3, 0.4) is 0 Å². The van der Waals surface area contributed by atoms with Gasteiger partial charge in [-0.15, -0.1) is 0 Å². The van der Waals surface area contributed by atoms with Crippen LogP contribution in [0.4, 0.5) is 8.78 Å². The topological polar surface area (TPSA) is 72.6 Å². The highest BCUT2D eigenvalue weighted by Gasteiger charge is 2.55. The zero-order chi connectivity index (χ0) is 24.1. The molecule has 6 rings (SSSR count). The molecule has 2 N–H and O–H groups in total. The molecule has 0 spiro atoms. The van der Waals surface area contributed by atoms with E-state index in [1.165, 1.54) is 17.2 Å². The number of hydrogen-bond donors (Lipinski definition) is 1. The van der Waals surface area contributed by atoms with Crippen LogP contribution < -0.4 is 5.73 Å². The number of nitrogens with two attached hydrogens (primary N) is 1. The lowest BCUT2D eigenvalue weighted by atomic mass is 9.52. The molecule has 2 aromatic rings. The summed E-state index contributed by atoms with van der Waals surface area (Å²) in [7, 11) is 0. The molecular formula is C27H30F2N2O3. The average Bonchev–Trinajstić information content (AvgIpc) is 3.30. The second-order valence-corrected chi connectivity index (χ2v) is 10.4. The number of carbonyl (C=O) groups is 2. The Morgan fingerprint density at radius 2 is 1.68 bits per heavy atom. The molecule has 3 aliphatic carbocycles. The Balaban J connectivity index is 1.31. The van der Waals surface area contributed by atoms with E-state index in [0.29, 0.717) is 24.2 Å². The van der Waals surface area contributed by atoms with Crippen molar-refractivity contribution in [1.29, 1.82) is 0 Å².